The summed E-state index contributed by atoms with van der Waals surface area (Å²) in [5.41, 5.74) is 3.59. The van der Waals surface area contributed by atoms with Gasteiger partial charge in [-0.3, -0.25) is 9.78 Å². The van der Waals surface area contributed by atoms with Crippen molar-refractivity contribution in [3.8, 4) is 0 Å². The van der Waals surface area contributed by atoms with Crippen molar-refractivity contribution in [3.63, 3.8) is 0 Å². The van der Waals surface area contributed by atoms with E-state index in [0.717, 1.165) is 17.0 Å². The number of aromatic nitrogens is 1. The Hall–Kier alpha value is -2.20. The fourth-order valence-corrected chi connectivity index (χ4v) is 3.62. The third kappa shape index (κ3) is 3.45. The van der Waals surface area contributed by atoms with E-state index in [-0.39, 0.29) is 18.1 Å². The van der Waals surface area contributed by atoms with Crippen molar-refractivity contribution in [1.29, 1.82) is 0 Å². The zero-order valence-corrected chi connectivity index (χ0v) is 14.8. The van der Waals surface area contributed by atoms with Crippen LogP contribution in [-0.4, -0.2) is 35.0 Å². The zero-order chi connectivity index (χ0) is 17.4. The number of morpholine rings is 1. The molecule has 2 fully saturated rings. The Kier molecular flexibility index (Phi) is 4.30. The van der Waals surface area contributed by atoms with Crippen molar-refractivity contribution in [3.05, 3.63) is 65.0 Å². The van der Waals surface area contributed by atoms with Crippen LogP contribution in [0, 0.1) is 19.8 Å². The predicted octanol–water partition coefficient (Wildman–Crippen LogP) is 3.69. The normalized spacial score (nSPS) is 23.5. The van der Waals surface area contributed by atoms with Crippen LogP contribution < -0.4 is 0 Å². The van der Waals surface area contributed by atoms with Gasteiger partial charge in [0.1, 0.15) is 6.10 Å². The number of aryl methyl sites for hydroxylation is 2. The number of hydrogen-bond donors (Lipinski definition) is 0. The van der Waals surface area contributed by atoms with E-state index >= 15 is 0 Å². The van der Waals surface area contributed by atoms with E-state index in [4.69, 9.17) is 4.74 Å². The topological polar surface area (TPSA) is 42.4 Å². The first-order chi connectivity index (χ1) is 12.1. The predicted molar refractivity (Wildman–Crippen MR) is 96.4 cm³/mol. The number of pyridine rings is 1. The summed E-state index contributed by atoms with van der Waals surface area (Å²) in [6.45, 7) is 5.14. The summed E-state index contributed by atoms with van der Waals surface area (Å²) in [6, 6.07) is 14.0. The Morgan fingerprint density at radius 2 is 1.84 bits per heavy atom. The highest BCUT2D eigenvalue weighted by molar-refractivity contribution is 5.95. The molecule has 25 heavy (non-hydrogen) atoms. The summed E-state index contributed by atoms with van der Waals surface area (Å²) >= 11 is 0. The number of ether oxygens (including phenoxy) is 1. The standard InChI is InChI=1S/C21H24N2O2/c1-14-8-11-18(15(2)22-14)21(24)23-12-19(16-6-4-3-5-7-16)25-20(13-23)17-9-10-17/h3-8,11,17,19-20H,9-10,12-13H2,1-2H3/t19-,20+/m0/s1. The number of hydrogen-bond acceptors (Lipinski definition) is 3. The molecule has 1 saturated carbocycles. The molecule has 2 aliphatic rings. The highest BCUT2D eigenvalue weighted by Gasteiger charge is 2.40. The van der Waals surface area contributed by atoms with Crippen LogP contribution in [0.2, 0.25) is 0 Å². The molecule has 4 nitrogen and oxygen atoms in total. The molecule has 2 heterocycles. The molecule has 1 aliphatic carbocycles. The lowest BCUT2D eigenvalue weighted by Crippen LogP contribution is -2.48. The van der Waals surface area contributed by atoms with Crippen molar-refractivity contribution in [2.75, 3.05) is 13.1 Å². The molecular formula is C21H24N2O2. The first-order valence-electron chi connectivity index (χ1n) is 9.06. The second kappa shape index (κ2) is 6.60. The number of rotatable bonds is 3. The summed E-state index contributed by atoms with van der Waals surface area (Å²) in [7, 11) is 0. The van der Waals surface area contributed by atoms with Gasteiger partial charge in [0.25, 0.3) is 5.91 Å². The molecule has 0 spiro atoms. The maximum Gasteiger partial charge on any atom is 0.255 e. The monoisotopic (exact) mass is 336 g/mol. The SMILES string of the molecule is Cc1ccc(C(=O)N2C[C@@H](c3ccccc3)O[C@@H](C3CC3)C2)c(C)n1. The second-order valence-electron chi connectivity index (χ2n) is 7.21. The van der Waals surface area contributed by atoms with Gasteiger partial charge in [0.15, 0.2) is 0 Å². The molecule has 0 unspecified atom stereocenters. The van der Waals surface area contributed by atoms with Gasteiger partial charge in [0.05, 0.1) is 23.9 Å². The lowest BCUT2D eigenvalue weighted by molar-refractivity contribution is -0.0864. The molecule has 4 heteroatoms. The third-order valence-corrected chi connectivity index (χ3v) is 5.19. The van der Waals surface area contributed by atoms with E-state index in [2.05, 4.69) is 17.1 Å². The summed E-state index contributed by atoms with van der Waals surface area (Å²) < 4.78 is 6.35. The summed E-state index contributed by atoms with van der Waals surface area (Å²) in [5, 5.41) is 0. The van der Waals surface area contributed by atoms with Gasteiger partial charge in [-0.1, -0.05) is 30.3 Å². The molecule has 0 bridgehead atoms. The fourth-order valence-electron chi connectivity index (χ4n) is 3.62. The van der Waals surface area contributed by atoms with Gasteiger partial charge in [-0.15, -0.1) is 0 Å². The lowest BCUT2D eigenvalue weighted by Gasteiger charge is -2.38. The van der Waals surface area contributed by atoms with Gasteiger partial charge in [-0.2, -0.15) is 0 Å². The minimum atomic E-state index is -0.0526. The third-order valence-electron chi connectivity index (χ3n) is 5.19. The van der Waals surface area contributed by atoms with Gasteiger partial charge >= 0.3 is 0 Å². The molecule has 0 radical (unpaired) electrons. The largest absolute Gasteiger partial charge is 0.366 e. The first-order valence-corrected chi connectivity index (χ1v) is 9.06. The quantitative estimate of drug-likeness (QED) is 0.858. The molecular weight excluding hydrogens is 312 g/mol. The lowest BCUT2D eigenvalue weighted by atomic mass is 10.0. The van der Waals surface area contributed by atoms with Crippen LogP contribution >= 0.6 is 0 Å². The van der Waals surface area contributed by atoms with Crippen molar-refractivity contribution < 1.29 is 9.53 Å². The number of carbonyl (C=O) groups is 1. The zero-order valence-electron chi connectivity index (χ0n) is 14.8. The van der Waals surface area contributed by atoms with Crippen LogP contribution in [0.3, 0.4) is 0 Å². The smallest absolute Gasteiger partial charge is 0.255 e. The number of benzene rings is 1. The summed E-state index contributed by atoms with van der Waals surface area (Å²) in [5.74, 6) is 0.666. The molecule has 1 amide bonds. The summed E-state index contributed by atoms with van der Waals surface area (Å²) in [4.78, 5) is 19.5. The van der Waals surface area contributed by atoms with Crippen LogP contribution in [-0.2, 0) is 4.74 Å². The molecule has 1 saturated heterocycles. The Morgan fingerprint density at radius 3 is 2.52 bits per heavy atom. The van der Waals surface area contributed by atoms with E-state index in [9.17, 15) is 4.79 Å². The summed E-state index contributed by atoms with van der Waals surface area (Å²) in [6.07, 6.45) is 2.50. The molecule has 130 valence electrons. The minimum Gasteiger partial charge on any atom is -0.366 e. The average molecular weight is 336 g/mol. The molecule has 1 aliphatic heterocycles. The molecule has 0 N–H and O–H groups in total. The van der Waals surface area contributed by atoms with E-state index < -0.39 is 0 Å². The number of carbonyl (C=O) groups excluding carboxylic acids is 1. The van der Waals surface area contributed by atoms with Crippen molar-refractivity contribution in [2.24, 2.45) is 5.92 Å². The van der Waals surface area contributed by atoms with E-state index in [1.54, 1.807) is 0 Å². The Balaban J connectivity index is 1.60. The van der Waals surface area contributed by atoms with Crippen LogP contribution in [0.1, 0.15) is 46.3 Å². The van der Waals surface area contributed by atoms with Gasteiger partial charge in [0, 0.05) is 12.2 Å². The average Bonchev–Trinajstić information content (AvgIpc) is 3.47. The Bertz CT molecular complexity index is 771. The van der Waals surface area contributed by atoms with Gasteiger partial charge in [0.2, 0.25) is 0 Å². The van der Waals surface area contributed by atoms with Crippen molar-refractivity contribution >= 4 is 5.91 Å². The molecule has 2 atom stereocenters. The van der Waals surface area contributed by atoms with Crippen LogP contribution in [0.4, 0.5) is 0 Å². The molecule has 4 rings (SSSR count). The Labute approximate surface area is 148 Å². The minimum absolute atomic E-state index is 0.0526. The van der Waals surface area contributed by atoms with E-state index in [1.807, 2.05) is 49.1 Å². The van der Waals surface area contributed by atoms with Crippen molar-refractivity contribution in [1.82, 2.24) is 9.88 Å². The maximum absolute atomic E-state index is 13.1. The van der Waals surface area contributed by atoms with Gasteiger partial charge in [-0.25, -0.2) is 0 Å². The second-order valence-corrected chi connectivity index (χ2v) is 7.21. The van der Waals surface area contributed by atoms with E-state index in [1.165, 1.54) is 12.8 Å². The molecule has 2 aromatic rings. The first kappa shape index (κ1) is 16.3. The van der Waals surface area contributed by atoms with Gasteiger partial charge in [-0.05, 0) is 50.3 Å². The van der Waals surface area contributed by atoms with E-state index in [0.29, 0.717) is 24.6 Å². The number of nitrogens with zero attached hydrogens (tertiary/aromatic N) is 2. The number of amides is 1. The Morgan fingerprint density at radius 1 is 1.08 bits per heavy atom. The van der Waals surface area contributed by atoms with Crippen LogP contribution in [0.15, 0.2) is 42.5 Å². The van der Waals surface area contributed by atoms with Crippen LogP contribution in [0.5, 0.6) is 0 Å². The maximum atomic E-state index is 13.1. The molecule has 1 aromatic heterocycles. The highest BCUT2D eigenvalue weighted by Crippen LogP contribution is 2.39. The fraction of sp³-hybridized carbons (Fsp3) is 0.429. The van der Waals surface area contributed by atoms with Crippen molar-refractivity contribution in [2.45, 2.75) is 38.9 Å². The highest BCUT2D eigenvalue weighted by atomic mass is 16.5. The molecule has 1 aromatic carbocycles. The van der Waals surface area contributed by atoms with Crippen LogP contribution in [0.25, 0.3) is 0 Å². The van der Waals surface area contributed by atoms with Gasteiger partial charge < -0.3 is 9.64 Å².